The predicted molar refractivity (Wildman–Crippen MR) is 129 cm³/mol. The van der Waals surface area contributed by atoms with Crippen molar-refractivity contribution in [3.05, 3.63) is 102 Å². The molecule has 0 spiro atoms. The van der Waals surface area contributed by atoms with Crippen LogP contribution in [0.1, 0.15) is 18.1 Å². The normalized spacial score (nSPS) is 11.9. The van der Waals surface area contributed by atoms with Gasteiger partial charge >= 0.3 is 5.97 Å². The molecule has 0 bridgehead atoms. The number of benzene rings is 3. The number of carboxylic acids is 1. The SMILES string of the molecule is CC(Nc1ccccc1-c1cc(-c2ccc(/C=C/c3ccccc3)cc2)ncn1)C(=O)O. The standard InChI is InChI=1S/C27H23N3O2/c1-19(27(31)32)30-24-10-6-5-9-23(24)26-17-25(28-18-29-26)22-15-13-21(14-16-22)12-11-20-7-3-2-4-8-20/h2-19,30H,1H3,(H,31,32)/b12-11+. The van der Waals surface area contributed by atoms with Gasteiger partial charge in [-0.05, 0) is 30.2 Å². The van der Waals surface area contributed by atoms with Crippen LogP contribution >= 0.6 is 0 Å². The molecule has 4 rings (SSSR count). The van der Waals surface area contributed by atoms with Crippen LogP contribution in [0.5, 0.6) is 0 Å². The van der Waals surface area contributed by atoms with Crippen LogP contribution in [-0.4, -0.2) is 27.1 Å². The van der Waals surface area contributed by atoms with Crippen LogP contribution in [0.2, 0.25) is 0 Å². The summed E-state index contributed by atoms with van der Waals surface area (Å²) < 4.78 is 0. The van der Waals surface area contributed by atoms with E-state index in [0.29, 0.717) is 5.69 Å². The number of nitrogens with zero attached hydrogens (tertiary/aromatic N) is 2. The summed E-state index contributed by atoms with van der Waals surface area (Å²) in [6.45, 7) is 1.61. The van der Waals surface area contributed by atoms with Crippen molar-refractivity contribution in [3.8, 4) is 22.5 Å². The van der Waals surface area contributed by atoms with Crippen molar-refractivity contribution in [3.63, 3.8) is 0 Å². The first-order valence-electron chi connectivity index (χ1n) is 10.3. The van der Waals surface area contributed by atoms with Crippen LogP contribution in [0.15, 0.2) is 91.3 Å². The predicted octanol–water partition coefficient (Wildman–Crippen LogP) is 5.87. The van der Waals surface area contributed by atoms with Gasteiger partial charge in [0.15, 0.2) is 0 Å². The highest BCUT2D eigenvalue weighted by atomic mass is 16.4. The largest absolute Gasteiger partial charge is 0.480 e. The minimum Gasteiger partial charge on any atom is -0.480 e. The van der Waals surface area contributed by atoms with Crippen molar-refractivity contribution in [1.29, 1.82) is 0 Å². The molecule has 0 saturated carbocycles. The number of aliphatic carboxylic acids is 1. The Morgan fingerprint density at radius 2 is 1.47 bits per heavy atom. The van der Waals surface area contributed by atoms with Crippen molar-refractivity contribution >= 4 is 23.8 Å². The fourth-order valence-electron chi connectivity index (χ4n) is 3.31. The van der Waals surface area contributed by atoms with E-state index in [1.165, 1.54) is 6.33 Å². The van der Waals surface area contributed by atoms with E-state index in [4.69, 9.17) is 0 Å². The lowest BCUT2D eigenvalue weighted by atomic mass is 10.0. The molecule has 1 heterocycles. The maximum atomic E-state index is 11.3. The summed E-state index contributed by atoms with van der Waals surface area (Å²) in [6, 6.07) is 27.1. The van der Waals surface area contributed by atoms with E-state index in [1.54, 1.807) is 6.92 Å². The number of aromatic nitrogens is 2. The quantitative estimate of drug-likeness (QED) is 0.365. The van der Waals surface area contributed by atoms with Gasteiger partial charge in [0.2, 0.25) is 0 Å². The van der Waals surface area contributed by atoms with Gasteiger partial charge in [-0.3, -0.25) is 4.79 Å². The Morgan fingerprint density at radius 1 is 0.844 bits per heavy atom. The highest BCUT2D eigenvalue weighted by molar-refractivity contribution is 5.82. The lowest BCUT2D eigenvalue weighted by Gasteiger charge is -2.15. The molecule has 4 aromatic rings. The molecule has 1 aromatic heterocycles. The van der Waals surface area contributed by atoms with Gasteiger partial charge in [0.05, 0.1) is 11.4 Å². The number of carbonyl (C=O) groups is 1. The molecule has 32 heavy (non-hydrogen) atoms. The molecule has 5 nitrogen and oxygen atoms in total. The Kier molecular flexibility index (Phi) is 6.37. The third-order valence-electron chi connectivity index (χ3n) is 5.09. The lowest BCUT2D eigenvalue weighted by molar-refractivity contribution is -0.137. The monoisotopic (exact) mass is 421 g/mol. The minimum atomic E-state index is -0.912. The Bertz CT molecular complexity index is 1240. The van der Waals surface area contributed by atoms with Crippen LogP contribution < -0.4 is 5.32 Å². The molecular weight excluding hydrogens is 398 g/mol. The van der Waals surface area contributed by atoms with Gasteiger partial charge in [-0.25, -0.2) is 9.97 Å². The molecule has 0 radical (unpaired) electrons. The molecule has 2 N–H and O–H groups in total. The first kappa shape index (κ1) is 21.0. The Morgan fingerprint density at radius 3 is 2.19 bits per heavy atom. The zero-order valence-corrected chi connectivity index (χ0v) is 17.6. The van der Waals surface area contributed by atoms with Crippen LogP contribution in [0.4, 0.5) is 5.69 Å². The topological polar surface area (TPSA) is 75.1 Å². The molecule has 0 fully saturated rings. The number of para-hydroxylation sites is 1. The first-order valence-corrected chi connectivity index (χ1v) is 10.3. The molecule has 0 amide bonds. The maximum Gasteiger partial charge on any atom is 0.325 e. The molecule has 5 heteroatoms. The number of carboxylic acid groups (broad SMARTS) is 1. The summed E-state index contributed by atoms with van der Waals surface area (Å²) in [7, 11) is 0. The molecule has 0 aliphatic rings. The number of hydrogen-bond donors (Lipinski definition) is 2. The van der Waals surface area contributed by atoms with Crippen LogP contribution in [0.25, 0.3) is 34.7 Å². The molecule has 158 valence electrons. The van der Waals surface area contributed by atoms with E-state index in [0.717, 1.165) is 33.6 Å². The minimum absolute atomic E-state index is 0.714. The summed E-state index contributed by atoms with van der Waals surface area (Å²) in [5.74, 6) is -0.912. The smallest absolute Gasteiger partial charge is 0.325 e. The van der Waals surface area contributed by atoms with Crippen LogP contribution in [-0.2, 0) is 4.79 Å². The summed E-state index contributed by atoms with van der Waals surface area (Å²) in [5, 5.41) is 12.3. The number of hydrogen-bond acceptors (Lipinski definition) is 4. The average Bonchev–Trinajstić information content (AvgIpc) is 2.84. The number of nitrogens with one attached hydrogen (secondary N) is 1. The number of rotatable bonds is 7. The zero-order valence-electron chi connectivity index (χ0n) is 17.6. The Hall–Kier alpha value is -4.25. The van der Waals surface area contributed by atoms with E-state index < -0.39 is 12.0 Å². The molecule has 1 unspecified atom stereocenters. The summed E-state index contributed by atoms with van der Waals surface area (Å²) in [6.07, 6.45) is 5.70. The van der Waals surface area contributed by atoms with Crippen molar-refractivity contribution < 1.29 is 9.90 Å². The van der Waals surface area contributed by atoms with Crippen LogP contribution in [0, 0.1) is 0 Å². The van der Waals surface area contributed by atoms with E-state index in [9.17, 15) is 9.90 Å². The third-order valence-corrected chi connectivity index (χ3v) is 5.09. The second kappa shape index (κ2) is 9.71. The van der Waals surface area contributed by atoms with Gasteiger partial charge in [0.25, 0.3) is 0 Å². The zero-order chi connectivity index (χ0) is 22.3. The molecule has 0 aliphatic carbocycles. The second-order valence-electron chi connectivity index (χ2n) is 7.40. The molecule has 0 aliphatic heterocycles. The maximum absolute atomic E-state index is 11.3. The van der Waals surface area contributed by atoms with Crippen LogP contribution in [0.3, 0.4) is 0 Å². The molecule has 1 atom stereocenters. The molecule has 0 saturated heterocycles. The van der Waals surface area contributed by atoms with Crippen molar-refractivity contribution in [2.75, 3.05) is 5.32 Å². The summed E-state index contributed by atoms with van der Waals surface area (Å²) >= 11 is 0. The lowest BCUT2D eigenvalue weighted by Crippen LogP contribution is -2.25. The fraction of sp³-hybridized carbons (Fsp3) is 0.0741. The Balaban J connectivity index is 1.58. The summed E-state index contributed by atoms with van der Waals surface area (Å²) in [4.78, 5) is 20.1. The van der Waals surface area contributed by atoms with Gasteiger partial charge in [-0.1, -0.05) is 84.9 Å². The molecule has 3 aromatic carbocycles. The second-order valence-corrected chi connectivity index (χ2v) is 7.40. The van der Waals surface area contributed by atoms with Gasteiger partial charge < -0.3 is 10.4 Å². The number of anilines is 1. The average molecular weight is 422 g/mol. The summed E-state index contributed by atoms with van der Waals surface area (Å²) in [5.41, 5.74) is 6.30. The first-order chi connectivity index (χ1) is 15.6. The molecular formula is C27H23N3O2. The van der Waals surface area contributed by atoms with E-state index in [2.05, 4.69) is 51.7 Å². The fourth-order valence-corrected chi connectivity index (χ4v) is 3.31. The van der Waals surface area contributed by atoms with Gasteiger partial charge in [0.1, 0.15) is 12.4 Å². The van der Waals surface area contributed by atoms with Crippen molar-refractivity contribution in [2.24, 2.45) is 0 Å². The van der Waals surface area contributed by atoms with E-state index in [1.807, 2.05) is 60.7 Å². The van der Waals surface area contributed by atoms with Gasteiger partial charge in [-0.2, -0.15) is 0 Å². The van der Waals surface area contributed by atoms with Crippen molar-refractivity contribution in [1.82, 2.24) is 9.97 Å². The van der Waals surface area contributed by atoms with E-state index >= 15 is 0 Å². The highest BCUT2D eigenvalue weighted by Crippen LogP contribution is 2.29. The van der Waals surface area contributed by atoms with Gasteiger partial charge in [-0.15, -0.1) is 0 Å². The van der Waals surface area contributed by atoms with E-state index in [-0.39, 0.29) is 0 Å². The van der Waals surface area contributed by atoms with Crippen molar-refractivity contribution in [2.45, 2.75) is 13.0 Å². The third kappa shape index (κ3) is 5.08. The highest BCUT2D eigenvalue weighted by Gasteiger charge is 2.14. The van der Waals surface area contributed by atoms with Gasteiger partial charge in [0, 0.05) is 16.8 Å². The Labute approximate surface area is 187 Å².